The van der Waals surface area contributed by atoms with E-state index < -0.39 is 12.1 Å². The first kappa shape index (κ1) is 12.3. The van der Waals surface area contributed by atoms with Crippen LogP contribution in [-0.4, -0.2) is 37.3 Å². The average molecular weight is 249 g/mol. The van der Waals surface area contributed by atoms with Crippen LogP contribution in [0.3, 0.4) is 0 Å². The van der Waals surface area contributed by atoms with Gasteiger partial charge < -0.3 is 9.64 Å². The van der Waals surface area contributed by atoms with Crippen LogP contribution in [0.2, 0.25) is 0 Å². The number of alkyl halides is 1. The molecule has 1 aromatic heterocycles. The Kier molecular flexibility index (Phi) is 3.42. The Balaban J connectivity index is 2.40. The monoisotopic (exact) mass is 249 g/mol. The molecule has 5 nitrogen and oxygen atoms in total. The SMILES string of the molecule is COC(=O)c1cc(C#N)ncc1N1CCC(F)C1. The molecule has 6 heteroatoms. The lowest BCUT2D eigenvalue weighted by Gasteiger charge is -2.19. The van der Waals surface area contributed by atoms with Gasteiger partial charge in [0.05, 0.1) is 24.6 Å². The summed E-state index contributed by atoms with van der Waals surface area (Å²) in [7, 11) is 1.26. The molecule has 0 bridgehead atoms. The van der Waals surface area contributed by atoms with E-state index in [0.717, 1.165) is 0 Å². The van der Waals surface area contributed by atoms with Crippen molar-refractivity contribution in [1.29, 1.82) is 5.26 Å². The Morgan fingerprint density at radius 3 is 3.06 bits per heavy atom. The zero-order chi connectivity index (χ0) is 13.1. The summed E-state index contributed by atoms with van der Waals surface area (Å²) in [5, 5.41) is 8.78. The van der Waals surface area contributed by atoms with Crippen LogP contribution in [0.15, 0.2) is 12.3 Å². The number of carbonyl (C=O) groups excluding carboxylic acids is 1. The molecule has 94 valence electrons. The van der Waals surface area contributed by atoms with Crippen molar-refractivity contribution in [2.75, 3.05) is 25.1 Å². The van der Waals surface area contributed by atoms with Crippen molar-refractivity contribution in [3.05, 3.63) is 23.5 Å². The second kappa shape index (κ2) is 5.00. The van der Waals surface area contributed by atoms with E-state index in [1.807, 2.05) is 6.07 Å². The maximum Gasteiger partial charge on any atom is 0.340 e. The molecule has 2 rings (SSSR count). The number of rotatable bonds is 2. The molecule has 0 amide bonds. The molecule has 1 unspecified atom stereocenters. The number of esters is 1. The molecule has 0 radical (unpaired) electrons. The first-order chi connectivity index (χ1) is 8.65. The molecule has 0 saturated carbocycles. The zero-order valence-electron chi connectivity index (χ0n) is 9.89. The van der Waals surface area contributed by atoms with Gasteiger partial charge in [0, 0.05) is 13.1 Å². The van der Waals surface area contributed by atoms with Crippen LogP contribution in [0.4, 0.5) is 10.1 Å². The lowest BCUT2D eigenvalue weighted by Crippen LogP contribution is -2.23. The minimum absolute atomic E-state index is 0.134. The summed E-state index contributed by atoms with van der Waals surface area (Å²) in [6, 6.07) is 3.23. The third kappa shape index (κ3) is 2.25. The van der Waals surface area contributed by atoms with Crippen molar-refractivity contribution in [3.8, 4) is 6.07 Å². The molecule has 0 N–H and O–H groups in total. The van der Waals surface area contributed by atoms with Gasteiger partial charge in [-0.25, -0.2) is 14.2 Å². The van der Waals surface area contributed by atoms with E-state index in [1.165, 1.54) is 19.4 Å². The van der Waals surface area contributed by atoms with Gasteiger partial charge in [0.2, 0.25) is 0 Å². The number of ether oxygens (including phenoxy) is 1. The standard InChI is InChI=1S/C12H12FN3O2/c1-18-12(17)10-4-9(5-14)15-6-11(10)16-3-2-8(13)7-16/h4,6,8H,2-3,7H2,1H3. The van der Waals surface area contributed by atoms with Crippen molar-refractivity contribution in [3.63, 3.8) is 0 Å². The fraction of sp³-hybridized carbons (Fsp3) is 0.417. The molecule has 1 aromatic rings. The highest BCUT2D eigenvalue weighted by molar-refractivity contribution is 5.96. The summed E-state index contributed by atoms with van der Waals surface area (Å²) in [6.07, 6.45) is 0.954. The number of hydrogen-bond acceptors (Lipinski definition) is 5. The van der Waals surface area contributed by atoms with Gasteiger partial charge >= 0.3 is 5.97 Å². The van der Waals surface area contributed by atoms with Gasteiger partial charge in [-0.1, -0.05) is 0 Å². The molecular formula is C12H12FN3O2. The summed E-state index contributed by atoms with van der Waals surface area (Å²) in [4.78, 5) is 17.3. The molecule has 2 heterocycles. The van der Waals surface area contributed by atoms with Crippen LogP contribution in [0.25, 0.3) is 0 Å². The van der Waals surface area contributed by atoms with E-state index in [-0.39, 0.29) is 17.8 Å². The maximum atomic E-state index is 13.2. The normalized spacial score (nSPS) is 18.5. The van der Waals surface area contributed by atoms with Crippen molar-refractivity contribution in [2.24, 2.45) is 0 Å². The number of carbonyl (C=O) groups is 1. The van der Waals surface area contributed by atoms with Crippen LogP contribution in [0, 0.1) is 11.3 Å². The van der Waals surface area contributed by atoms with Gasteiger partial charge in [-0.05, 0) is 12.5 Å². The van der Waals surface area contributed by atoms with E-state index in [4.69, 9.17) is 5.26 Å². The number of pyridine rings is 1. The summed E-state index contributed by atoms with van der Waals surface area (Å²) in [5.74, 6) is -0.550. The maximum absolute atomic E-state index is 13.2. The number of aromatic nitrogens is 1. The van der Waals surface area contributed by atoms with Crippen molar-refractivity contribution in [1.82, 2.24) is 4.98 Å². The van der Waals surface area contributed by atoms with Gasteiger partial charge in [-0.2, -0.15) is 5.26 Å². The molecule has 0 aromatic carbocycles. The second-order valence-electron chi connectivity index (χ2n) is 4.02. The Hall–Kier alpha value is -2.16. The topological polar surface area (TPSA) is 66.2 Å². The van der Waals surface area contributed by atoms with Crippen LogP contribution < -0.4 is 4.90 Å². The zero-order valence-corrected chi connectivity index (χ0v) is 9.89. The van der Waals surface area contributed by atoms with Gasteiger partial charge in [-0.15, -0.1) is 0 Å². The highest BCUT2D eigenvalue weighted by Crippen LogP contribution is 2.26. The molecule has 0 spiro atoms. The Bertz CT molecular complexity index is 513. The van der Waals surface area contributed by atoms with E-state index in [2.05, 4.69) is 9.72 Å². The van der Waals surface area contributed by atoms with Gasteiger partial charge in [-0.3, -0.25) is 0 Å². The first-order valence-corrected chi connectivity index (χ1v) is 5.53. The predicted octanol–water partition coefficient (Wildman–Crippen LogP) is 1.29. The molecule has 1 fully saturated rings. The summed E-state index contributed by atoms with van der Waals surface area (Å²) in [6.45, 7) is 0.760. The minimum atomic E-state index is -0.897. The number of nitrogens with zero attached hydrogens (tertiary/aromatic N) is 3. The van der Waals surface area contributed by atoms with Crippen LogP contribution in [-0.2, 0) is 4.74 Å². The lowest BCUT2D eigenvalue weighted by atomic mass is 10.2. The number of halogens is 1. The van der Waals surface area contributed by atoms with Crippen LogP contribution in [0.5, 0.6) is 0 Å². The van der Waals surface area contributed by atoms with Crippen LogP contribution in [0.1, 0.15) is 22.5 Å². The first-order valence-electron chi connectivity index (χ1n) is 5.53. The van der Waals surface area contributed by atoms with Crippen LogP contribution >= 0.6 is 0 Å². The van der Waals surface area contributed by atoms with Gasteiger partial charge in [0.15, 0.2) is 0 Å². The predicted molar refractivity (Wildman–Crippen MR) is 62.0 cm³/mol. The highest BCUT2D eigenvalue weighted by Gasteiger charge is 2.26. The van der Waals surface area contributed by atoms with E-state index in [0.29, 0.717) is 18.7 Å². The molecule has 1 atom stereocenters. The van der Waals surface area contributed by atoms with E-state index in [9.17, 15) is 9.18 Å². The summed E-state index contributed by atoms with van der Waals surface area (Å²) >= 11 is 0. The molecule has 0 aliphatic carbocycles. The van der Waals surface area contributed by atoms with Crippen molar-refractivity contribution >= 4 is 11.7 Å². The number of methoxy groups -OCH3 is 1. The fourth-order valence-corrected chi connectivity index (χ4v) is 1.97. The lowest BCUT2D eigenvalue weighted by molar-refractivity contribution is 0.0601. The molecule has 1 aliphatic heterocycles. The number of nitriles is 1. The fourth-order valence-electron chi connectivity index (χ4n) is 1.97. The third-order valence-electron chi connectivity index (χ3n) is 2.87. The average Bonchev–Trinajstić information content (AvgIpc) is 2.83. The molecule has 1 saturated heterocycles. The smallest absolute Gasteiger partial charge is 0.340 e. The molecule has 18 heavy (non-hydrogen) atoms. The van der Waals surface area contributed by atoms with Gasteiger partial charge in [0.1, 0.15) is 17.9 Å². The Morgan fingerprint density at radius 1 is 1.72 bits per heavy atom. The van der Waals surface area contributed by atoms with E-state index in [1.54, 1.807) is 4.90 Å². The number of hydrogen-bond donors (Lipinski definition) is 0. The Morgan fingerprint density at radius 2 is 2.50 bits per heavy atom. The van der Waals surface area contributed by atoms with Gasteiger partial charge in [0.25, 0.3) is 0 Å². The largest absolute Gasteiger partial charge is 0.465 e. The van der Waals surface area contributed by atoms with Crippen molar-refractivity contribution in [2.45, 2.75) is 12.6 Å². The minimum Gasteiger partial charge on any atom is -0.465 e. The summed E-state index contributed by atoms with van der Waals surface area (Å²) < 4.78 is 17.9. The molecule has 1 aliphatic rings. The highest BCUT2D eigenvalue weighted by atomic mass is 19.1. The van der Waals surface area contributed by atoms with E-state index >= 15 is 0 Å². The molecular weight excluding hydrogens is 237 g/mol. The second-order valence-corrected chi connectivity index (χ2v) is 4.02. The third-order valence-corrected chi connectivity index (χ3v) is 2.87. The van der Waals surface area contributed by atoms with Crippen molar-refractivity contribution < 1.29 is 13.9 Å². The quantitative estimate of drug-likeness (QED) is 0.739. The summed E-state index contributed by atoms with van der Waals surface area (Å²) in [5.41, 5.74) is 0.897. The Labute approximate surface area is 104 Å². The number of anilines is 1.